The smallest absolute Gasteiger partial charge is 0.0897 e. The highest BCUT2D eigenvalue weighted by molar-refractivity contribution is 4.82. The minimum atomic E-state index is -0.362. The Labute approximate surface area is 124 Å². The number of rotatable bonds is 7. The van der Waals surface area contributed by atoms with Crippen molar-refractivity contribution in [3.8, 4) is 0 Å². The van der Waals surface area contributed by atoms with E-state index in [1.54, 1.807) is 0 Å². The molecule has 2 fully saturated rings. The minimum absolute atomic E-state index is 0.362. The maximum Gasteiger partial charge on any atom is 0.0897 e. The standard InChI is InChI=1S/C17H33NO2/c1-14-5-7-16(8-6-14)20-12-15(19)11-18-13-17(2)9-3-4-10-17/h14-16,18-19H,3-13H2,1-2H3. The van der Waals surface area contributed by atoms with Crippen molar-refractivity contribution in [2.45, 2.75) is 77.4 Å². The molecular weight excluding hydrogens is 250 g/mol. The van der Waals surface area contributed by atoms with Gasteiger partial charge in [-0.3, -0.25) is 0 Å². The summed E-state index contributed by atoms with van der Waals surface area (Å²) in [5.74, 6) is 0.855. The average molecular weight is 283 g/mol. The van der Waals surface area contributed by atoms with Crippen LogP contribution in [0.2, 0.25) is 0 Å². The van der Waals surface area contributed by atoms with Crippen molar-refractivity contribution in [1.29, 1.82) is 0 Å². The van der Waals surface area contributed by atoms with E-state index in [2.05, 4.69) is 19.2 Å². The van der Waals surface area contributed by atoms with E-state index in [1.165, 1.54) is 51.4 Å². The van der Waals surface area contributed by atoms with Gasteiger partial charge in [0.15, 0.2) is 0 Å². The molecule has 2 aliphatic rings. The molecule has 2 N–H and O–H groups in total. The molecule has 0 aliphatic heterocycles. The molecule has 2 aliphatic carbocycles. The van der Waals surface area contributed by atoms with Crippen molar-refractivity contribution in [2.24, 2.45) is 11.3 Å². The van der Waals surface area contributed by atoms with E-state index in [9.17, 15) is 5.11 Å². The van der Waals surface area contributed by atoms with E-state index in [0.29, 0.717) is 24.7 Å². The molecule has 2 rings (SSSR count). The fourth-order valence-electron chi connectivity index (χ4n) is 3.65. The maximum absolute atomic E-state index is 10.0. The molecule has 2 saturated carbocycles. The monoisotopic (exact) mass is 283 g/mol. The van der Waals surface area contributed by atoms with Crippen molar-refractivity contribution in [3.63, 3.8) is 0 Å². The highest BCUT2D eigenvalue weighted by atomic mass is 16.5. The Morgan fingerprint density at radius 1 is 1.20 bits per heavy atom. The molecule has 0 aromatic rings. The summed E-state index contributed by atoms with van der Waals surface area (Å²) < 4.78 is 5.85. The summed E-state index contributed by atoms with van der Waals surface area (Å²) >= 11 is 0. The van der Waals surface area contributed by atoms with Crippen LogP contribution >= 0.6 is 0 Å². The van der Waals surface area contributed by atoms with E-state index in [-0.39, 0.29) is 6.10 Å². The predicted octanol–water partition coefficient (Wildman–Crippen LogP) is 3.11. The molecule has 0 heterocycles. The summed E-state index contributed by atoms with van der Waals surface area (Å²) in [5, 5.41) is 13.4. The number of hydrogen-bond donors (Lipinski definition) is 2. The largest absolute Gasteiger partial charge is 0.389 e. The van der Waals surface area contributed by atoms with Gasteiger partial charge in [-0.15, -0.1) is 0 Å². The topological polar surface area (TPSA) is 41.5 Å². The molecule has 118 valence electrons. The van der Waals surface area contributed by atoms with Crippen molar-refractivity contribution < 1.29 is 9.84 Å². The molecule has 0 bridgehead atoms. The predicted molar refractivity (Wildman–Crippen MR) is 82.8 cm³/mol. The van der Waals surface area contributed by atoms with Crippen LogP contribution in [0.1, 0.15) is 65.2 Å². The number of aliphatic hydroxyl groups is 1. The molecular formula is C17H33NO2. The minimum Gasteiger partial charge on any atom is -0.389 e. The quantitative estimate of drug-likeness (QED) is 0.754. The Kier molecular flexibility index (Phi) is 6.31. The summed E-state index contributed by atoms with van der Waals surface area (Å²) in [6, 6.07) is 0. The van der Waals surface area contributed by atoms with Gasteiger partial charge >= 0.3 is 0 Å². The molecule has 20 heavy (non-hydrogen) atoms. The van der Waals surface area contributed by atoms with E-state index >= 15 is 0 Å². The van der Waals surface area contributed by atoms with Gasteiger partial charge in [0.25, 0.3) is 0 Å². The van der Waals surface area contributed by atoms with Gasteiger partial charge in [0.05, 0.1) is 18.8 Å². The summed E-state index contributed by atoms with van der Waals surface area (Å²) in [7, 11) is 0. The van der Waals surface area contributed by atoms with E-state index in [0.717, 1.165) is 12.5 Å². The molecule has 1 atom stereocenters. The molecule has 1 unspecified atom stereocenters. The first kappa shape index (κ1) is 16.3. The summed E-state index contributed by atoms with van der Waals surface area (Å²) in [5.41, 5.74) is 0.458. The second-order valence-electron chi connectivity index (χ2n) is 7.52. The molecule has 3 nitrogen and oxygen atoms in total. The first-order valence-corrected chi connectivity index (χ1v) is 8.58. The van der Waals surface area contributed by atoms with E-state index in [4.69, 9.17) is 4.74 Å². The third-order valence-electron chi connectivity index (χ3n) is 5.23. The summed E-state index contributed by atoms with van der Waals surface area (Å²) in [6.07, 6.45) is 10.3. The highest BCUT2D eigenvalue weighted by Crippen LogP contribution is 2.36. The van der Waals surface area contributed by atoms with Crippen LogP contribution in [0.4, 0.5) is 0 Å². The van der Waals surface area contributed by atoms with Crippen LogP contribution in [0.25, 0.3) is 0 Å². The normalized spacial score (nSPS) is 31.4. The van der Waals surface area contributed by atoms with E-state index < -0.39 is 0 Å². The average Bonchev–Trinajstić information content (AvgIpc) is 2.85. The molecule has 0 saturated heterocycles. The Morgan fingerprint density at radius 2 is 1.85 bits per heavy atom. The number of ether oxygens (including phenoxy) is 1. The van der Waals surface area contributed by atoms with Gasteiger partial charge in [-0.1, -0.05) is 26.7 Å². The van der Waals surface area contributed by atoms with Gasteiger partial charge in [-0.2, -0.15) is 0 Å². The fourth-order valence-corrected chi connectivity index (χ4v) is 3.65. The van der Waals surface area contributed by atoms with Crippen molar-refractivity contribution in [3.05, 3.63) is 0 Å². The molecule has 0 aromatic heterocycles. The zero-order chi connectivity index (χ0) is 14.4. The molecule has 0 spiro atoms. The third kappa shape index (κ3) is 5.34. The molecule has 0 amide bonds. The van der Waals surface area contributed by atoms with Gasteiger partial charge in [0.1, 0.15) is 0 Å². The lowest BCUT2D eigenvalue weighted by Crippen LogP contribution is -2.37. The Bertz CT molecular complexity index is 268. The van der Waals surface area contributed by atoms with Gasteiger partial charge in [-0.05, 0) is 49.9 Å². The third-order valence-corrected chi connectivity index (χ3v) is 5.23. The molecule has 3 heteroatoms. The lowest BCUT2D eigenvalue weighted by molar-refractivity contribution is -0.0282. The van der Waals surface area contributed by atoms with Crippen LogP contribution in [0.3, 0.4) is 0 Å². The summed E-state index contributed by atoms with van der Waals surface area (Å²) in [4.78, 5) is 0. The van der Waals surface area contributed by atoms with Crippen LogP contribution < -0.4 is 5.32 Å². The van der Waals surface area contributed by atoms with Crippen LogP contribution in [-0.2, 0) is 4.74 Å². The highest BCUT2D eigenvalue weighted by Gasteiger charge is 2.28. The van der Waals surface area contributed by atoms with Crippen LogP contribution in [0.15, 0.2) is 0 Å². The fraction of sp³-hybridized carbons (Fsp3) is 1.00. The Morgan fingerprint density at radius 3 is 2.50 bits per heavy atom. The van der Waals surface area contributed by atoms with Gasteiger partial charge < -0.3 is 15.2 Å². The van der Waals surface area contributed by atoms with Gasteiger partial charge in [0, 0.05) is 13.1 Å². The lowest BCUT2D eigenvalue weighted by Gasteiger charge is -2.28. The first-order valence-electron chi connectivity index (χ1n) is 8.58. The van der Waals surface area contributed by atoms with Crippen molar-refractivity contribution in [1.82, 2.24) is 5.32 Å². The van der Waals surface area contributed by atoms with Crippen molar-refractivity contribution >= 4 is 0 Å². The number of nitrogens with one attached hydrogen (secondary N) is 1. The van der Waals surface area contributed by atoms with E-state index in [1.807, 2.05) is 0 Å². The Balaban J connectivity index is 1.53. The summed E-state index contributed by atoms with van der Waals surface area (Å²) in [6.45, 7) is 6.87. The second kappa shape index (κ2) is 7.77. The Hall–Kier alpha value is -0.120. The zero-order valence-corrected chi connectivity index (χ0v) is 13.4. The first-order chi connectivity index (χ1) is 9.57. The SMILES string of the molecule is CC1CCC(OCC(O)CNCC2(C)CCCC2)CC1. The number of aliphatic hydroxyl groups excluding tert-OH is 1. The lowest BCUT2D eigenvalue weighted by atomic mass is 9.89. The number of hydrogen-bond acceptors (Lipinski definition) is 3. The van der Waals surface area contributed by atoms with Crippen LogP contribution in [0.5, 0.6) is 0 Å². The van der Waals surface area contributed by atoms with Crippen LogP contribution in [-0.4, -0.2) is 37.0 Å². The van der Waals surface area contributed by atoms with Gasteiger partial charge in [0.2, 0.25) is 0 Å². The zero-order valence-electron chi connectivity index (χ0n) is 13.4. The molecule has 0 aromatic carbocycles. The van der Waals surface area contributed by atoms with Crippen molar-refractivity contribution in [2.75, 3.05) is 19.7 Å². The van der Waals surface area contributed by atoms with Gasteiger partial charge in [-0.25, -0.2) is 0 Å². The van der Waals surface area contributed by atoms with Crippen LogP contribution in [0, 0.1) is 11.3 Å². The molecule has 0 radical (unpaired) electrons. The second-order valence-corrected chi connectivity index (χ2v) is 7.52. The maximum atomic E-state index is 10.0.